The lowest BCUT2D eigenvalue weighted by atomic mass is 10.0. The van der Waals surface area contributed by atoms with E-state index >= 15 is 0 Å². The van der Waals surface area contributed by atoms with Crippen molar-refractivity contribution in [3.05, 3.63) is 94.0 Å². The van der Waals surface area contributed by atoms with Gasteiger partial charge in [-0.2, -0.15) is 0 Å². The van der Waals surface area contributed by atoms with Crippen molar-refractivity contribution in [2.24, 2.45) is 0 Å². The maximum absolute atomic E-state index is 13.2. The van der Waals surface area contributed by atoms with E-state index in [1.165, 1.54) is 0 Å². The predicted octanol–water partition coefficient (Wildman–Crippen LogP) is 6.53. The molecule has 4 aromatic rings. The van der Waals surface area contributed by atoms with Gasteiger partial charge >= 0.3 is 0 Å². The molecule has 0 fully saturated rings. The Labute approximate surface area is 172 Å². The Bertz CT molecular complexity index is 1180. The molecule has 0 unspecified atom stereocenters. The van der Waals surface area contributed by atoms with Crippen LogP contribution in [0.15, 0.2) is 77.3 Å². The monoisotopic (exact) mass is 430 g/mol. The number of hydrogen-bond acceptors (Lipinski definition) is 2. The molecule has 3 nitrogen and oxygen atoms in total. The highest BCUT2D eigenvalue weighted by Gasteiger charge is 2.15. The van der Waals surface area contributed by atoms with Gasteiger partial charge in [-0.15, -0.1) is 0 Å². The quantitative estimate of drug-likeness (QED) is 0.401. The summed E-state index contributed by atoms with van der Waals surface area (Å²) in [6.45, 7) is 4.01. The molecule has 0 aliphatic rings. The molecule has 3 aromatic carbocycles. The first-order valence-corrected chi connectivity index (χ1v) is 9.85. The van der Waals surface area contributed by atoms with Crippen LogP contribution in [0.1, 0.15) is 21.5 Å². The van der Waals surface area contributed by atoms with Crippen LogP contribution in [0.2, 0.25) is 0 Å². The molecule has 0 atom stereocenters. The summed E-state index contributed by atoms with van der Waals surface area (Å²) >= 11 is 3.46. The average molecular weight is 431 g/mol. The van der Waals surface area contributed by atoms with Crippen LogP contribution in [-0.4, -0.2) is 10.9 Å². The number of aryl methyl sites for hydroxylation is 2. The number of amides is 1. The minimum absolute atomic E-state index is 0.134. The molecular formula is C24H19BrN2O. The molecule has 0 aliphatic heterocycles. The highest BCUT2D eigenvalue weighted by molar-refractivity contribution is 9.10. The number of carbonyl (C=O) groups excluding carboxylic acids is 1. The predicted molar refractivity (Wildman–Crippen MR) is 119 cm³/mol. The molecule has 4 rings (SSSR count). The fourth-order valence-electron chi connectivity index (χ4n) is 3.19. The Hall–Kier alpha value is -2.98. The first-order valence-electron chi connectivity index (χ1n) is 9.05. The highest BCUT2D eigenvalue weighted by atomic mass is 79.9. The fourth-order valence-corrected chi connectivity index (χ4v) is 3.46. The summed E-state index contributed by atoms with van der Waals surface area (Å²) in [5.74, 6) is -0.134. The smallest absolute Gasteiger partial charge is 0.256 e. The largest absolute Gasteiger partial charge is 0.322 e. The van der Waals surface area contributed by atoms with Gasteiger partial charge in [0.05, 0.1) is 16.8 Å². The standard InChI is InChI=1S/C24H19BrN2O/c1-15-7-8-16(2)22(13-15)27-24(28)20-14-23(17-9-11-18(25)12-10-17)26-21-6-4-3-5-19(20)21/h3-14H,1-2H3,(H,27,28). The maximum Gasteiger partial charge on any atom is 0.256 e. The van der Waals surface area contributed by atoms with Gasteiger partial charge in [0, 0.05) is 21.1 Å². The Morgan fingerprint density at radius 2 is 1.68 bits per heavy atom. The minimum Gasteiger partial charge on any atom is -0.322 e. The van der Waals surface area contributed by atoms with Crippen molar-refractivity contribution in [1.29, 1.82) is 0 Å². The van der Waals surface area contributed by atoms with E-state index in [1.54, 1.807) is 0 Å². The Morgan fingerprint density at radius 3 is 2.46 bits per heavy atom. The molecule has 1 N–H and O–H groups in total. The highest BCUT2D eigenvalue weighted by Crippen LogP contribution is 2.27. The summed E-state index contributed by atoms with van der Waals surface area (Å²) in [7, 11) is 0. The van der Waals surface area contributed by atoms with Crippen LogP contribution < -0.4 is 5.32 Å². The van der Waals surface area contributed by atoms with E-state index in [4.69, 9.17) is 4.98 Å². The first-order chi connectivity index (χ1) is 13.5. The molecule has 28 heavy (non-hydrogen) atoms. The number of para-hydroxylation sites is 1. The molecule has 1 heterocycles. The van der Waals surface area contributed by atoms with Gasteiger partial charge in [0.1, 0.15) is 0 Å². The van der Waals surface area contributed by atoms with E-state index in [0.717, 1.165) is 43.4 Å². The molecule has 0 saturated heterocycles. The first kappa shape index (κ1) is 18.4. The summed E-state index contributed by atoms with van der Waals surface area (Å²) in [6, 6.07) is 23.6. The summed E-state index contributed by atoms with van der Waals surface area (Å²) in [5, 5.41) is 3.91. The molecule has 0 radical (unpaired) electrons. The third-order valence-electron chi connectivity index (χ3n) is 4.74. The van der Waals surface area contributed by atoms with Crippen molar-refractivity contribution >= 4 is 38.4 Å². The lowest BCUT2D eigenvalue weighted by molar-refractivity contribution is 0.102. The molecule has 0 saturated carbocycles. The van der Waals surface area contributed by atoms with Crippen LogP contribution in [0.25, 0.3) is 22.2 Å². The van der Waals surface area contributed by atoms with Gasteiger partial charge in [0.2, 0.25) is 0 Å². The number of aromatic nitrogens is 1. The zero-order valence-corrected chi connectivity index (χ0v) is 17.2. The minimum atomic E-state index is -0.134. The van der Waals surface area contributed by atoms with Crippen molar-refractivity contribution in [1.82, 2.24) is 4.98 Å². The number of anilines is 1. The van der Waals surface area contributed by atoms with E-state index in [9.17, 15) is 4.79 Å². The molecule has 4 heteroatoms. The van der Waals surface area contributed by atoms with Crippen LogP contribution in [-0.2, 0) is 0 Å². The lowest BCUT2D eigenvalue weighted by Gasteiger charge is -2.12. The van der Waals surface area contributed by atoms with Gasteiger partial charge < -0.3 is 5.32 Å². The SMILES string of the molecule is Cc1ccc(C)c(NC(=O)c2cc(-c3ccc(Br)cc3)nc3ccccc23)c1. The summed E-state index contributed by atoms with van der Waals surface area (Å²) in [4.78, 5) is 17.9. The van der Waals surface area contributed by atoms with Gasteiger partial charge in [0.25, 0.3) is 5.91 Å². The Morgan fingerprint density at radius 1 is 0.929 bits per heavy atom. The van der Waals surface area contributed by atoms with Gasteiger partial charge in [-0.3, -0.25) is 4.79 Å². The number of pyridine rings is 1. The van der Waals surface area contributed by atoms with Crippen LogP contribution in [0.5, 0.6) is 0 Å². The van der Waals surface area contributed by atoms with Crippen molar-refractivity contribution in [2.45, 2.75) is 13.8 Å². The van der Waals surface area contributed by atoms with Crippen LogP contribution in [0.3, 0.4) is 0 Å². The molecular weight excluding hydrogens is 412 g/mol. The zero-order chi connectivity index (χ0) is 19.7. The molecule has 0 aliphatic carbocycles. The second-order valence-corrected chi connectivity index (χ2v) is 7.77. The number of nitrogens with zero attached hydrogens (tertiary/aromatic N) is 1. The average Bonchev–Trinajstić information content (AvgIpc) is 2.70. The molecule has 0 bridgehead atoms. The van der Waals surface area contributed by atoms with Crippen molar-refractivity contribution < 1.29 is 4.79 Å². The van der Waals surface area contributed by atoms with Gasteiger partial charge in [-0.25, -0.2) is 4.98 Å². The Kier molecular flexibility index (Phi) is 4.97. The number of fused-ring (bicyclic) bond motifs is 1. The van der Waals surface area contributed by atoms with Gasteiger partial charge in [-0.1, -0.05) is 58.4 Å². The number of halogens is 1. The molecule has 138 valence electrons. The Balaban J connectivity index is 1.81. The molecule has 1 aromatic heterocycles. The normalized spacial score (nSPS) is 10.8. The number of benzene rings is 3. The van der Waals surface area contributed by atoms with Crippen LogP contribution >= 0.6 is 15.9 Å². The number of rotatable bonds is 3. The van der Waals surface area contributed by atoms with E-state index in [2.05, 4.69) is 21.2 Å². The number of carbonyl (C=O) groups is 1. The van der Waals surface area contributed by atoms with Crippen molar-refractivity contribution in [3.63, 3.8) is 0 Å². The number of nitrogens with one attached hydrogen (secondary N) is 1. The third-order valence-corrected chi connectivity index (χ3v) is 5.27. The van der Waals surface area contributed by atoms with E-state index in [0.29, 0.717) is 5.56 Å². The summed E-state index contributed by atoms with van der Waals surface area (Å²) in [6.07, 6.45) is 0. The van der Waals surface area contributed by atoms with Gasteiger partial charge in [0.15, 0.2) is 0 Å². The third kappa shape index (κ3) is 3.69. The molecule has 0 spiro atoms. The van der Waals surface area contributed by atoms with E-state index in [-0.39, 0.29) is 5.91 Å². The lowest BCUT2D eigenvalue weighted by Crippen LogP contribution is -2.14. The number of hydrogen-bond donors (Lipinski definition) is 1. The zero-order valence-electron chi connectivity index (χ0n) is 15.7. The van der Waals surface area contributed by atoms with Crippen LogP contribution in [0.4, 0.5) is 5.69 Å². The van der Waals surface area contributed by atoms with E-state index in [1.807, 2.05) is 86.6 Å². The topological polar surface area (TPSA) is 42.0 Å². The van der Waals surface area contributed by atoms with E-state index < -0.39 is 0 Å². The summed E-state index contributed by atoms with van der Waals surface area (Å²) in [5.41, 5.74) is 6.13. The van der Waals surface area contributed by atoms with Crippen LogP contribution in [0, 0.1) is 13.8 Å². The molecule has 1 amide bonds. The second-order valence-electron chi connectivity index (χ2n) is 6.85. The van der Waals surface area contributed by atoms with Crippen molar-refractivity contribution in [3.8, 4) is 11.3 Å². The maximum atomic E-state index is 13.2. The van der Waals surface area contributed by atoms with Gasteiger partial charge in [-0.05, 0) is 55.3 Å². The summed E-state index contributed by atoms with van der Waals surface area (Å²) < 4.78 is 1.00. The van der Waals surface area contributed by atoms with Crippen molar-refractivity contribution in [2.75, 3.05) is 5.32 Å². The fraction of sp³-hybridized carbons (Fsp3) is 0.0833. The second kappa shape index (κ2) is 7.56.